The number of hydrogen-bond donors (Lipinski definition) is 3. The number of nitrogen functional groups attached to an aromatic ring is 1. The van der Waals surface area contributed by atoms with Gasteiger partial charge in [0.15, 0.2) is 0 Å². The maximum absolute atomic E-state index is 14.6. The van der Waals surface area contributed by atoms with Crippen LogP contribution in [0.15, 0.2) is 6.07 Å². The number of alkyl halides is 2. The Hall–Kier alpha value is -2.00. The van der Waals surface area contributed by atoms with Gasteiger partial charge < -0.3 is 22.1 Å². The molecule has 1 fully saturated rings. The number of carbonyl (C=O) groups is 1. The number of thiophene rings is 1. The van der Waals surface area contributed by atoms with Gasteiger partial charge in [-0.1, -0.05) is 6.92 Å². The molecule has 1 saturated heterocycles. The highest BCUT2D eigenvalue weighted by Crippen LogP contribution is 2.44. The van der Waals surface area contributed by atoms with Crippen LogP contribution in [-0.4, -0.2) is 30.0 Å². The molecule has 1 amide bonds. The number of piperidine rings is 1. The van der Waals surface area contributed by atoms with Gasteiger partial charge in [-0.2, -0.15) is 0 Å². The van der Waals surface area contributed by atoms with E-state index in [0.29, 0.717) is 23.7 Å². The third-order valence-corrected chi connectivity index (χ3v) is 5.72. The Balaban J connectivity index is 2.19. The maximum atomic E-state index is 14.6. The summed E-state index contributed by atoms with van der Waals surface area (Å²) >= 11 is 0.956. The number of fused-ring (bicyclic) bond motifs is 1. The maximum Gasteiger partial charge on any atom is 0.273 e. The summed E-state index contributed by atoms with van der Waals surface area (Å²) in [4.78, 5) is 18.3. The summed E-state index contributed by atoms with van der Waals surface area (Å²) in [5.41, 5.74) is 17.0. The molecule has 1 aliphatic rings. The van der Waals surface area contributed by atoms with Crippen molar-refractivity contribution in [2.75, 3.05) is 23.7 Å². The number of primary amides is 1. The molecule has 3 rings (SSSR count). The lowest BCUT2D eigenvalue weighted by molar-refractivity contribution is -0.00671. The van der Waals surface area contributed by atoms with E-state index in [1.165, 1.54) is 13.0 Å². The average molecular weight is 369 g/mol. The number of pyridine rings is 1. The van der Waals surface area contributed by atoms with E-state index >= 15 is 0 Å². The number of nitrogens with two attached hydrogens (primary N) is 3. The molecular formula is C16H21F2N5OS. The number of rotatable bonds is 4. The highest BCUT2D eigenvalue weighted by atomic mass is 32.1. The third-order valence-electron chi connectivity index (χ3n) is 4.61. The number of carbonyl (C=O) groups excluding carboxylic acids is 1. The van der Waals surface area contributed by atoms with Crippen LogP contribution < -0.4 is 22.1 Å². The van der Waals surface area contributed by atoms with E-state index in [9.17, 15) is 13.6 Å². The molecule has 0 spiro atoms. The zero-order chi connectivity index (χ0) is 18.4. The largest absolute Gasteiger partial charge is 0.397 e. The van der Waals surface area contributed by atoms with E-state index in [1.54, 1.807) is 0 Å². The van der Waals surface area contributed by atoms with Crippen molar-refractivity contribution in [3.63, 3.8) is 0 Å². The number of anilines is 2. The second-order valence-corrected chi connectivity index (χ2v) is 7.30. The molecule has 2 aromatic rings. The minimum absolute atomic E-state index is 0.0182. The molecule has 3 heterocycles. The lowest BCUT2D eigenvalue weighted by atomic mass is 10.0. The molecule has 0 radical (unpaired) electrons. The summed E-state index contributed by atoms with van der Waals surface area (Å²) in [5, 5.41) is 0.128. The van der Waals surface area contributed by atoms with Crippen molar-refractivity contribution in [1.82, 2.24) is 4.98 Å². The van der Waals surface area contributed by atoms with E-state index < -0.39 is 11.8 Å². The Kier molecular flexibility index (Phi) is 4.54. The molecule has 9 heteroatoms. The number of aromatic nitrogens is 1. The predicted octanol–water partition coefficient (Wildman–Crippen LogP) is 2.41. The van der Waals surface area contributed by atoms with Crippen molar-refractivity contribution < 1.29 is 13.6 Å². The Morgan fingerprint density at radius 2 is 2.08 bits per heavy atom. The molecule has 6 N–H and O–H groups in total. The minimum atomic E-state index is -3.08. The molecule has 0 aromatic carbocycles. The van der Waals surface area contributed by atoms with E-state index in [-0.39, 0.29) is 34.0 Å². The van der Waals surface area contributed by atoms with Gasteiger partial charge in [0.25, 0.3) is 11.8 Å². The van der Waals surface area contributed by atoms with Crippen molar-refractivity contribution in [1.29, 1.82) is 0 Å². The predicted molar refractivity (Wildman–Crippen MR) is 96.2 cm³/mol. The molecule has 25 heavy (non-hydrogen) atoms. The first-order chi connectivity index (χ1) is 11.7. The van der Waals surface area contributed by atoms with Gasteiger partial charge in [-0.05, 0) is 18.9 Å². The SMILES string of the molecule is CCC(F)(F)c1cc(N2CCC(N)CC2)nc2sc(C(N)=O)c(N)c12. The van der Waals surface area contributed by atoms with E-state index in [0.717, 1.165) is 24.2 Å². The summed E-state index contributed by atoms with van der Waals surface area (Å²) in [6.07, 6.45) is 1.17. The lowest BCUT2D eigenvalue weighted by Gasteiger charge is -2.31. The Morgan fingerprint density at radius 1 is 1.44 bits per heavy atom. The summed E-state index contributed by atoms with van der Waals surface area (Å²) in [6, 6.07) is 1.51. The fraction of sp³-hybridized carbons (Fsp3) is 0.500. The van der Waals surface area contributed by atoms with Crippen LogP contribution >= 0.6 is 11.3 Å². The second kappa shape index (κ2) is 6.38. The Morgan fingerprint density at radius 3 is 2.64 bits per heavy atom. The quantitative estimate of drug-likeness (QED) is 0.766. The molecule has 136 valence electrons. The molecule has 0 bridgehead atoms. The van der Waals surface area contributed by atoms with Crippen LogP contribution in [0, 0.1) is 0 Å². The van der Waals surface area contributed by atoms with Crippen LogP contribution in [-0.2, 0) is 5.92 Å². The highest BCUT2D eigenvalue weighted by Gasteiger charge is 2.35. The number of halogens is 2. The first-order valence-corrected chi connectivity index (χ1v) is 8.98. The van der Waals surface area contributed by atoms with Gasteiger partial charge in [0.05, 0.1) is 5.69 Å². The fourth-order valence-corrected chi connectivity index (χ4v) is 4.03. The van der Waals surface area contributed by atoms with Crippen LogP contribution in [0.5, 0.6) is 0 Å². The van der Waals surface area contributed by atoms with Gasteiger partial charge in [-0.15, -0.1) is 11.3 Å². The normalized spacial score (nSPS) is 16.6. The zero-order valence-electron chi connectivity index (χ0n) is 13.9. The van der Waals surface area contributed by atoms with E-state index in [2.05, 4.69) is 4.98 Å². The van der Waals surface area contributed by atoms with Crippen molar-refractivity contribution in [3.05, 3.63) is 16.5 Å². The topological polar surface area (TPSA) is 111 Å². The van der Waals surface area contributed by atoms with Gasteiger partial charge >= 0.3 is 0 Å². The first kappa shape index (κ1) is 17.8. The number of hydrogen-bond acceptors (Lipinski definition) is 6. The summed E-state index contributed by atoms with van der Waals surface area (Å²) in [5.74, 6) is -3.36. The van der Waals surface area contributed by atoms with Crippen molar-refractivity contribution in [2.24, 2.45) is 11.5 Å². The van der Waals surface area contributed by atoms with Gasteiger partial charge in [0, 0.05) is 36.5 Å². The fourth-order valence-electron chi connectivity index (χ4n) is 3.06. The standard InChI is InChI=1S/C16H21F2N5OS/c1-2-16(17,18)9-7-10(23-5-3-8(19)4-6-23)22-15-11(9)12(20)13(25-15)14(21)24/h7-8H,2-6,19-20H2,1H3,(H2,21,24). The second-order valence-electron chi connectivity index (χ2n) is 6.30. The average Bonchev–Trinajstić information content (AvgIpc) is 2.92. The van der Waals surface area contributed by atoms with Crippen LogP contribution in [0.3, 0.4) is 0 Å². The first-order valence-electron chi connectivity index (χ1n) is 8.16. The summed E-state index contributed by atoms with van der Waals surface area (Å²) in [6.45, 7) is 2.71. The zero-order valence-corrected chi connectivity index (χ0v) is 14.7. The highest BCUT2D eigenvalue weighted by molar-refractivity contribution is 7.21. The van der Waals surface area contributed by atoms with Crippen molar-refractivity contribution >= 4 is 39.0 Å². The lowest BCUT2D eigenvalue weighted by Crippen LogP contribution is -2.40. The summed E-state index contributed by atoms with van der Waals surface area (Å²) < 4.78 is 29.2. The molecule has 0 atom stereocenters. The van der Waals surface area contributed by atoms with Gasteiger partial charge in [0.1, 0.15) is 15.5 Å². The molecule has 0 aliphatic carbocycles. The van der Waals surface area contributed by atoms with Crippen molar-refractivity contribution in [2.45, 2.75) is 38.2 Å². The van der Waals surface area contributed by atoms with Crippen molar-refractivity contribution in [3.8, 4) is 0 Å². The van der Waals surface area contributed by atoms with Crippen LogP contribution in [0.1, 0.15) is 41.4 Å². The smallest absolute Gasteiger partial charge is 0.273 e. The van der Waals surface area contributed by atoms with E-state index in [4.69, 9.17) is 17.2 Å². The molecule has 1 aliphatic heterocycles. The molecule has 2 aromatic heterocycles. The summed E-state index contributed by atoms with van der Waals surface area (Å²) in [7, 11) is 0. The van der Waals surface area contributed by atoms with Gasteiger partial charge in [-0.3, -0.25) is 4.79 Å². The van der Waals surface area contributed by atoms with Crippen LogP contribution in [0.25, 0.3) is 10.2 Å². The van der Waals surface area contributed by atoms with Gasteiger partial charge in [-0.25, -0.2) is 13.8 Å². The van der Waals surface area contributed by atoms with Gasteiger partial charge in [0.2, 0.25) is 0 Å². The molecular weight excluding hydrogens is 348 g/mol. The molecule has 6 nitrogen and oxygen atoms in total. The Labute approximate surface area is 148 Å². The number of amides is 1. The van der Waals surface area contributed by atoms with Crippen LogP contribution in [0.4, 0.5) is 20.3 Å². The number of nitrogens with zero attached hydrogens (tertiary/aromatic N) is 2. The molecule has 0 unspecified atom stereocenters. The molecule has 0 saturated carbocycles. The van der Waals surface area contributed by atoms with Crippen LogP contribution in [0.2, 0.25) is 0 Å². The third kappa shape index (κ3) is 3.13. The monoisotopic (exact) mass is 369 g/mol. The minimum Gasteiger partial charge on any atom is -0.397 e. The van der Waals surface area contributed by atoms with E-state index in [1.807, 2.05) is 4.90 Å². The Bertz CT molecular complexity index is 814.